The smallest absolute Gasteiger partial charge is 0.137 e. The molecule has 0 heterocycles. The van der Waals surface area contributed by atoms with Crippen LogP contribution in [-0.4, -0.2) is 20.5 Å². The van der Waals surface area contributed by atoms with Crippen molar-refractivity contribution in [2.24, 2.45) is 0 Å². The van der Waals surface area contributed by atoms with E-state index >= 15 is 0 Å². The number of carbonyl (C=O) groups excluding carboxylic acids is 1. The minimum absolute atomic E-state index is 0.361. The van der Waals surface area contributed by atoms with E-state index in [0.29, 0.717) is 17.9 Å². The zero-order valence-electron chi connectivity index (χ0n) is 8.04. The summed E-state index contributed by atoms with van der Waals surface area (Å²) in [6.45, 7) is 0. The second-order valence-electron chi connectivity index (χ2n) is 2.69. The maximum absolute atomic E-state index is 10.4. The number of methoxy groups -OCH3 is 2. The number of benzene rings is 1. The van der Waals surface area contributed by atoms with Crippen molar-refractivity contribution in [2.45, 2.75) is 6.42 Å². The molecule has 1 aromatic rings. The Morgan fingerprint density at radius 1 is 1.29 bits per heavy atom. The predicted molar refractivity (Wildman–Crippen MR) is 57.0 cm³/mol. The van der Waals surface area contributed by atoms with Crippen molar-refractivity contribution < 1.29 is 14.3 Å². The molecule has 0 aliphatic rings. The first-order valence-corrected chi connectivity index (χ1v) is 4.86. The van der Waals surface area contributed by atoms with Crippen LogP contribution in [0.25, 0.3) is 0 Å². The van der Waals surface area contributed by atoms with Crippen LogP contribution in [0.2, 0.25) is 0 Å². The quantitative estimate of drug-likeness (QED) is 0.777. The molecule has 0 aliphatic carbocycles. The van der Waals surface area contributed by atoms with E-state index in [1.165, 1.54) is 0 Å². The third-order valence-corrected chi connectivity index (χ3v) is 2.61. The van der Waals surface area contributed by atoms with Crippen LogP contribution in [0.15, 0.2) is 16.6 Å². The molecule has 14 heavy (non-hydrogen) atoms. The molecule has 0 unspecified atom stereocenters. The van der Waals surface area contributed by atoms with Crippen LogP contribution in [0, 0.1) is 0 Å². The number of hydrogen-bond donors (Lipinski definition) is 0. The molecule has 0 spiro atoms. The molecule has 0 radical (unpaired) electrons. The summed E-state index contributed by atoms with van der Waals surface area (Å²) in [5, 5.41) is 0. The third-order valence-electron chi connectivity index (χ3n) is 1.82. The van der Waals surface area contributed by atoms with Crippen molar-refractivity contribution in [1.29, 1.82) is 0 Å². The van der Waals surface area contributed by atoms with Crippen molar-refractivity contribution >= 4 is 22.2 Å². The average molecular weight is 259 g/mol. The van der Waals surface area contributed by atoms with Gasteiger partial charge in [0.2, 0.25) is 0 Å². The first-order valence-electron chi connectivity index (χ1n) is 4.07. The minimum Gasteiger partial charge on any atom is -0.495 e. The molecule has 0 N–H and O–H groups in total. The number of hydrogen-bond acceptors (Lipinski definition) is 3. The third kappa shape index (κ3) is 2.26. The van der Waals surface area contributed by atoms with Gasteiger partial charge in [-0.3, -0.25) is 0 Å². The molecule has 0 amide bonds. The van der Waals surface area contributed by atoms with E-state index < -0.39 is 0 Å². The van der Waals surface area contributed by atoms with E-state index in [4.69, 9.17) is 9.47 Å². The van der Waals surface area contributed by atoms with Gasteiger partial charge in [0.05, 0.1) is 14.2 Å². The molecule has 1 rings (SSSR count). The summed E-state index contributed by atoms with van der Waals surface area (Å²) in [6.07, 6.45) is 1.21. The summed E-state index contributed by atoms with van der Waals surface area (Å²) < 4.78 is 11.0. The Bertz CT molecular complexity index is 311. The normalized spacial score (nSPS) is 9.64. The largest absolute Gasteiger partial charge is 0.495 e. The number of halogens is 1. The molecular formula is C10H11BrO3. The molecule has 0 atom stereocenters. The Morgan fingerprint density at radius 2 is 1.79 bits per heavy atom. The lowest BCUT2D eigenvalue weighted by Gasteiger charge is -2.09. The van der Waals surface area contributed by atoms with Crippen LogP contribution in [0.4, 0.5) is 0 Å². The molecule has 76 valence electrons. The maximum Gasteiger partial charge on any atom is 0.137 e. The summed E-state index contributed by atoms with van der Waals surface area (Å²) in [6, 6.07) is 3.61. The molecule has 0 aliphatic heterocycles. The molecule has 0 saturated carbocycles. The van der Waals surface area contributed by atoms with Crippen LogP contribution in [0.5, 0.6) is 11.5 Å². The highest BCUT2D eigenvalue weighted by Crippen LogP contribution is 2.35. The van der Waals surface area contributed by atoms with Crippen molar-refractivity contribution in [2.75, 3.05) is 14.2 Å². The number of carbonyl (C=O) groups is 1. The van der Waals surface area contributed by atoms with Gasteiger partial charge in [-0.05, 0) is 33.6 Å². The first-order chi connectivity index (χ1) is 6.72. The lowest BCUT2D eigenvalue weighted by molar-refractivity contribution is -0.107. The summed E-state index contributed by atoms with van der Waals surface area (Å²) in [5.74, 6) is 1.34. The molecule has 3 nitrogen and oxygen atoms in total. The lowest BCUT2D eigenvalue weighted by atomic mass is 10.1. The number of rotatable bonds is 4. The summed E-state index contributed by atoms with van der Waals surface area (Å²) in [4.78, 5) is 10.4. The zero-order valence-corrected chi connectivity index (χ0v) is 9.63. The monoisotopic (exact) mass is 258 g/mol. The van der Waals surface area contributed by atoms with Gasteiger partial charge in [-0.2, -0.15) is 0 Å². The summed E-state index contributed by atoms with van der Waals surface area (Å²) in [5.41, 5.74) is 0.872. The Balaban J connectivity index is 3.17. The molecule has 0 fully saturated rings. The van der Waals surface area contributed by atoms with Crippen molar-refractivity contribution in [1.82, 2.24) is 0 Å². The van der Waals surface area contributed by atoms with Crippen LogP contribution in [-0.2, 0) is 11.2 Å². The highest BCUT2D eigenvalue weighted by Gasteiger charge is 2.09. The van der Waals surface area contributed by atoms with E-state index in [9.17, 15) is 4.79 Å². The molecule has 0 bridgehead atoms. The average Bonchev–Trinajstić information content (AvgIpc) is 2.20. The Kier molecular flexibility index (Phi) is 3.95. The number of ether oxygens (including phenoxy) is 2. The van der Waals surface area contributed by atoms with Crippen LogP contribution < -0.4 is 9.47 Å². The van der Waals surface area contributed by atoms with Crippen molar-refractivity contribution in [3.05, 3.63) is 22.2 Å². The number of aldehydes is 1. The standard InChI is InChI=1S/C10H11BrO3/c1-13-8-5-7(3-4-12)6-9(14-2)10(8)11/h4-6H,3H2,1-2H3. The SMILES string of the molecule is COc1cc(CC=O)cc(OC)c1Br. The van der Waals surface area contributed by atoms with E-state index in [1.54, 1.807) is 26.4 Å². The molecular weight excluding hydrogens is 248 g/mol. The molecule has 0 aromatic heterocycles. The van der Waals surface area contributed by atoms with Gasteiger partial charge in [-0.15, -0.1) is 0 Å². The first kappa shape index (κ1) is 11.0. The van der Waals surface area contributed by atoms with Gasteiger partial charge in [0.15, 0.2) is 0 Å². The van der Waals surface area contributed by atoms with Gasteiger partial charge in [-0.25, -0.2) is 0 Å². The van der Waals surface area contributed by atoms with Gasteiger partial charge >= 0.3 is 0 Å². The van der Waals surface area contributed by atoms with E-state index in [2.05, 4.69) is 15.9 Å². The van der Waals surface area contributed by atoms with Crippen LogP contribution >= 0.6 is 15.9 Å². The Labute approximate surface area is 91.1 Å². The van der Waals surface area contributed by atoms with Crippen LogP contribution in [0.1, 0.15) is 5.56 Å². The Hall–Kier alpha value is -1.03. The topological polar surface area (TPSA) is 35.5 Å². The molecule has 4 heteroatoms. The van der Waals surface area contributed by atoms with Crippen molar-refractivity contribution in [3.63, 3.8) is 0 Å². The van der Waals surface area contributed by atoms with Gasteiger partial charge in [-0.1, -0.05) is 0 Å². The van der Waals surface area contributed by atoms with E-state index in [1.807, 2.05) is 0 Å². The van der Waals surface area contributed by atoms with Gasteiger partial charge in [0, 0.05) is 6.42 Å². The van der Waals surface area contributed by atoms with Crippen molar-refractivity contribution in [3.8, 4) is 11.5 Å². The fraction of sp³-hybridized carbons (Fsp3) is 0.300. The Morgan fingerprint density at radius 3 is 2.14 bits per heavy atom. The van der Waals surface area contributed by atoms with E-state index in [0.717, 1.165) is 16.3 Å². The minimum atomic E-state index is 0.361. The van der Waals surface area contributed by atoms with Gasteiger partial charge in [0.1, 0.15) is 22.3 Å². The summed E-state index contributed by atoms with van der Waals surface area (Å²) in [7, 11) is 3.15. The summed E-state index contributed by atoms with van der Waals surface area (Å²) >= 11 is 3.35. The lowest BCUT2D eigenvalue weighted by Crippen LogP contribution is -1.94. The fourth-order valence-corrected chi connectivity index (χ4v) is 1.69. The van der Waals surface area contributed by atoms with Crippen LogP contribution in [0.3, 0.4) is 0 Å². The zero-order chi connectivity index (χ0) is 10.6. The van der Waals surface area contributed by atoms with Gasteiger partial charge < -0.3 is 14.3 Å². The molecule has 1 aromatic carbocycles. The highest BCUT2D eigenvalue weighted by atomic mass is 79.9. The maximum atomic E-state index is 10.4. The fourth-order valence-electron chi connectivity index (χ4n) is 1.14. The van der Waals surface area contributed by atoms with E-state index in [-0.39, 0.29) is 0 Å². The molecule has 0 saturated heterocycles. The highest BCUT2D eigenvalue weighted by molar-refractivity contribution is 9.10. The van der Waals surface area contributed by atoms with Gasteiger partial charge in [0.25, 0.3) is 0 Å². The predicted octanol–water partition coefficient (Wildman–Crippen LogP) is 2.21. The second kappa shape index (κ2) is 5.00. The second-order valence-corrected chi connectivity index (χ2v) is 3.48.